The van der Waals surface area contributed by atoms with E-state index in [-0.39, 0.29) is 18.4 Å². The van der Waals surface area contributed by atoms with Crippen LogP contribution in [0.4, 0.5) is 0 Å². The lowest BCUT2D eigenvalue weighted by molar-refractivity contribution is 0.238. The minimum absolute atomic E-state index is 0.147. The smallest absolute Gasteiger partial charge is 0.150 e. The lowest BCUT2D eigenvalue weighted by atomic mass is 10.0. The van der Waals surface area contributed by atoms with Crippen LogP contribution in [0.5, 0.6) is 0 Å². The van der Waals surface area contributed by atoms with Crippen LogP contribution < -0.4 is 0 Å². The van der Waals surface area contributed by atoms with Crippen molar-refractivity contribution in [2.45, 2.75) is 38.1 Å². The van der Waals surface area contributed by atoms with Crippen LogP contribution in [0.1, 0.15) is 36.7 Å². The van der Waals surface area contributed by atoms with E-state index in [1.54, 1.807) is 0 Å². The van der Waals surface area contributed by atoms with Gasteiger partial charge in [0.1, 0.15) is 5.82 Å². The molecule has 1 fully saturated rings. The van der Waals surface area contributed by atoms with Crippen molar-refractivity contribution in [3.63, 3.8) is 0 Å². The molecule has 2 aliphatic rings. The second kappa shape index (κ2) is 4.90. The zero-order valence-corrected chi connectivity index (χ0v) is 11.8. The Morgan fingerprint density at radius 1 is 1.42 bits per heavy atom. The normalized spacial score (nSPS) is 29.3. The van der Waals surface area contributed by atoms with Gasteiger partial charge in [0.25, 0.3) is 0 Å². The van der Waals surface area contributed by atoms with E-state index >= 15 is 0 Å². The first kappa shape index (κ1) is 13.1. The van der Waals surface area contributed by atoms with E-state index < -0.39 is 9.84 Å². The number of aryl methyl sites for hydroxylation is 1. The Bertz CT molecular complexity index is 564. The molecule has 0 bridgehead atoms. The maximum absolute atomic E-state index is 11.5. The highest BCUT2D eigenvalue weighted by atomic mass is 32.2. The average Bonchev–Trinajstić information content (AvgIpc) is 2.91. The molecular formula is C13H20N2O3S. The third-order valence-corrected chi connectivity index (χ3v) is 6.06. The summed E-state index contributed by atoms with van der Waals surface area (Å²) < 4.78 is 25.1. The molecule has 2 atom stereocenters. The standard InChI is InChI=1S/C13H20N2O3S/c16-8-11-2-1-4-15-7-12(14-13(11)15)6-10-3-5-19(17,18)9-10/h7,10-11,16H,1-6,8-9H2. The van der Waals surface area contributed by atoms with Gasteiger partial charge in [0.05, 0.1) is 23.8 Å². The Labute approximate surface area is 113 Å². The number of fused-ring (bicyclic) bond motifs is 1. The second-order valence-corrected chi connectivity index (χ2v) is 8.01. The zero-order valence-electron chi connectivity index (χ0n) is 11.0. The van der Waals surface area contributed by atoms with E-state index in [4.69, 9.17) is 0 Å². The van der Waals surface area contributed by atoms with Crippen molar-refractivity contribution in [1.29, 1.82) is 0 Å². The lowest BCUT2D eigenvalue weighted by Crippen LogP contribution is -2.18. The van der Waals surface area contributed by atoms with E-state index in [2.05, 4.69) is 9.55 Å². The highest BCUT2D eigenvalue weighted by Crippen LogP contribution is 2.28. The largest absolute Gasteiger partial charge is 0.396 e. The summed E-state index contributed by atoms with van der Waals surface area (Å²) in [4.78, 5) is 4.62. The third-order valence-electron chi connectivity index (χ3n) is 4.22. The van der Waals surface area contributed by atoms with Crippen molar-refractivity contribution in [1.82, 2.24) is 9.55 Å². The number of aliphatic hydroxyl groups is 1. The first-order valence-corrected chi connectivity index (χ1v) is 8.77. The summed E-state index contributed by atoms with van der Waals surface area (Å²) in [6.07, 6.45) is 5.62. The van der Waals surface area contributed by atoms with Crippen LogP contribution in [0.15, 0.2) is 6.20 Å². The molecule has 3 heterocycles. The Kier molecular flexibility index (Phi) is 3.39. The number of aromatic nitrogens is 2. The van der Waals surface area contributed by atoms with Gasteiger partial charge in [0, 0.05) is 18.7 Å². The summed E-state index contributed by atoms with van der Waals surface area (Å²) in [5, 5.41) is 9.37. The molecule has 2 aliphatic heterocycles. The molecule has 5 nitrogen and oxygen atoms in total. The number of hydrogen-bond acceptors (Lipinski definition) is 4. The highest BCUT2D eigenvalue weighted by molar-refractivity contribution is 7.91. The quantitative estimate of drug-likeness (QED) is 0.888. The summed E-state index contributed by atoms with van der Waals surface area (Å²) in [5.74, 6) is 1.97. The molecule has 0 spiro atoms. The fourth-order valence-corrected chi connectivity index (χ4v) is 5.09. The zero-order chi connectivity index (χ0) is 13.5. The summed E-state index contributed by atoms with van der Waals surface area (Å²) in [6.45, 7) is 1.11. The fraction of sp³-hybridized carbons (Fsp3) is 0.769. The molecule has 19 heavy (non-hydrogen) atoms. The predicted octanol–water partition coefficient (Wildman–Crippen LogP) is 0.730. The predicted molar refractivity (Wildman–Crippen MR) is 71.8 cm³/mol. The molecule has 1 N–H and O–H groups in total. The first-order valence-electron chi connectivity index (χ1n) is 6.94. The van der Waals surface area contributed by atoms with Gasteiger partial charge in [0.2, 0.25) is 0 Å². The maximum Gasteiger partial charge on any atom is 0.150 e. The molecule has 2 unspecified atom stereocenters. The van der Waals surface area contributed by atoms with Gasteiger partial charge in [-0.3, -0.25) is 0 Å². The molecule has 1 aromatic rings. The van der Waals surface area contributed by atoms with Crippen molar-refractivity contribution in [3.05, 3.63) is 17.7 Å². The number of aliphatic hydroxyl groups excluding tert-OH is 1. The van der Waals surface area contributed by atoms with Gasteiger partial charge in [-0.15, -0.1) is 0 Å². The van der Waals surface area contributed by atoms with Gasteiger partial charge in [0.15, 0.2) is 9.84 Å². The van der Waals surface area contributed by atoms with Crippen molar-refractivity contribution in [2.24, 2.45) is 5.92 Å². The van der Waals surface area contributed by atoms with Crippen molar-refractivity contribution < 1.29 is 13.5 Å². The van der Waals surface area contributed by atoms with Gasteiger partial charge in [-0.2, -0.15) is 0 Å². The highest BCUT2D eigenvalue weighted by Gasteiger charge is 2.29. The fourth-order valence-electron chi connectivity index (χ4n) is 3.23. The van der Waals surface area contributed by atoms with Gasteiger partial charge < -0.3 is 9.67 Å². The van der Waals surface area contributed by atoms with E-state index in [0.717, 1.165) is 43.7 Å². The molecule has 0 aromatic carbocycles. The van der Waals surface area contributed by atoms with Gasteiger partial charge in [-0.25, -0.2) is 13.4 Å². The van der Waals surface area contributed by atoms with Crippen molar-refractivity contribution >= 4 is 9.84 Å². The molecule has 0 aliphatic carbocycles. The molecule has 0 saturated carbocycles. The number of imidazole rings is 1. The van der Waals surface area contributed by atoms with Crippen LogP contribution in [0, 0.1) is 5.92 Å². The summed E-state index contributed by atoms with van der Waals surface area (Å²) in [6, 6.07) is 0. The van der Waals surface area contributed by atoms with Gasteiger partial charge >= 0.3 is 0 Å². The molecule has 0 radical (unpaired) electrons. The number of hydrogen-bond donors (Lipinski definition) is 1. The maximum atomic E-state index is 11.5. The van der Waals surface area contributed by atoms with Crippen molar-refractivity contribution in [3.8, 4) is 0 Å². The van der Waals surface area contributed by atoms with Crippen LogP contribution in [0.3, 0.4) is 0 Å². The van der Waals surface area contributed by atoms with E-state index in [0.29, 0.717) is 11.5 Å². The number of nitrogens with zero attached hydrogens (tertiary/aromatic N) is 2. The Morgan fingerprint density at radius 2 is 2.26 bits per heavy atom. The molecule has 1 aromatic heterocycles. The van der Waals surface area contributed by atoms with Crippen LogP contribution in [0.25, 0.3) is 0 Å². The van der Waals surface area contributed by atoms with Crippen LogP contribution >= 0.6 is 0 Å². The van der Waals surface area contributed by atoms with Crippen LogP contribution in [-0.2, 0) is 22.8 Å². The Hall–Kier alpha value is -0.880. The molecule has 0 amide bonds. The Balaban J connectivity index is 1.75. The Morgan fingerprint density at radius 3 is 2.95 bits per heavy atom. The lowest BCUT2D eigenvalue weighted by Gasteiger charge is -2.21. The van der Waals surface area contributed by atoms with Crippen LogP contribution in [-0.4, -0.2) is 41.2 Å². The van der Waals surface area contributed by atoms with Gasteiger partial charge in [-0.05, 0) is 31.6 Å². The summed E-state index contributed by atoms with van der Waals surface area (Å²) in [7, 11) is -2.81. The SMILES string of the molecule is O=S1(=O)CCC(Cc2cn3c(n2)C(CO)CCC3)C1. The molecular weight excluding hydrogens is 264 g/mol. The monoisotopic (exact) mass is 284 g/mol. The van der Waals surface area contributed by atoms with Crippen molar-refractivity contribution in [2.75, 3.05) is 18.1 Å². The molecule has 106 valence electrons. The second-order valence-electron chi connectivity index (χ2n) is 5.78. The topological polar surface area (TPSA) is 72.2 Å². The third kappa shape index (κ3) is 2.69. The minimum atomic E-state index is -2.81. The molecule has 3 rings (SSSR count). The molecule has 1 saturated heterocycles. The van der Waals surface area contributed by atoms with E-state index in [1.807, 2.05) is 6.20 Å². The number of rotatable bonds is 3. The van der Waals surface area contributed by atoms with E-state index in [1.165, 1.54) is 0 Å². The van der Waals surface area contributed by atoms with Crippen LogP contribution in [0.2, 0.25) is 0 Å². The van der Waals surface area contributed by atoms with E-state index in [9.17, 15) is 13.5 Å². The summed E-state index contributed by atoms with van der Waals surface area (Å²) in [5.41, 5.74) is 0.984. The number of sulfone groups is 1. The average molecular weight is 284 g/mol. The first-order chi connectivity index (χ1) is 9.07. The summed E-state index contributed by atoms with van der Waals surface area (Å²) >= 11 is 0. The molecule has 6 heteroatoms. The minimum Gasteiger partial charge on any atom is -0.396 e. The van der Waals surface area contributed by atoms with Gasteiger partial charge in [-0.1, -0.05) is 0 Å².